The average molecular weight is 407 g/mol. The van der Waals surface area contributed by atoms with Crippen molar-refractivity contribution < 1.29 is 23.8 Å². The lowest BCUT2D eigenvalue weighted by Gasteiger charge is -2.39. The molecule has 0 saturated heterocycles. The molecule has 4 aliphatic rings. The second-order valence-electron chi connectivity index (χ2n) is 11.7. The van der Waals surface area contributed by atoms with E-state index in [9.17, 15) is 9.59 Å². The van der Waals surface area contributed by atoms with Crippen molar-refractivity contribution in [2.75, 3.05) is 7.11 Å². The second-order valence-corrected chi connectivity index (χ2v) is 11.7. The molecular weight excluding hydrogens is 368 g/mol. The first-order valence-corrected chi connectivity index (χ1v) is 11.3. The van der Waals surface area contributed by atoms with Crippen molar-refractivity contribution in [2.24, 2.45) is 33.5 Å². The number of rotatable bonds is 5. The molecule has 0 spiro atoms. The van der Waals surface area contributed by atoms with E-state index in [1.807, 2.05) is 0 Å². The normalized spacial score (nSPS) is 44.7. The lowest BCUT2D eigenvalue weighted by atomic mass is 9.70. The van der Waals surface area contributed by atoms with Gasteiger partial charge in [-0.05, 0) is 61.2 Å². The smallest absolute Gasteiger partial charge is 0.347 e. The van der Waals surface area contributed by atoms with Crippen molar-refractivity contribution in [1.82, 2.24) is 0 Å². The topological polar surface area (TPSA) is 61.8 Å². The van der Waals surface area contributed by atoms with Crippen LogP contribution in [0.25, 0.3) is 0 Å². The van der Waals surface area contributed by atoms with Crippen LogP contribution in [0.2, 0.25) is 0 Å². The molecule has 164 valence electrons. The first-order chi connectivity index (χ1) is 13.4. The van der Waals surface area contributed by atoms with Crippen molar-refractivity contribution in [3.05, 3.63) is 0 Å². The SMILES string of the molecule is COC(C(=O)OC1CC2CCC1(C)C2(C)C)C(=O)OC1CC2CCC1(C)C2(C)C. The largest absolute Gasteiger partial charge is 0.459 e. The minimum absolute atomic E-state index is 0.0440. The van der Waals surface area contributed by atoms with Crippen molar-refractivity contribution in [2.45, 2.75) is 98.4 Å². The molecule has 0 N–H and O–H groups in total. The van der Waals surface area contributed by atoms with Crippen LogP contribution in [0.5, 0.6) is 0 Å². The quantitative estimate of drug-likeness (QED) is 0.496. The Morgan fingerprint density at radius 3 is 1.38 bits per heavy atom. The fourth-order valence-electron chi connectivity index (χ4n) is 7.31. The van der Waals surface area contributed by atoms with Gasteiger partial charge in [-0.25, -0.2) is 9.59 Å². The maximum Gasteiger partial charge on any atom is 0.347 e. The van der Waals surface area contributed by atoms with Crippen LogP contribution in [0.3, 0.4) is 0 Å². The molecule has 0 aliphatic heterocycles. The molecule has 0 heterocycles. The molecule has 4 fully saturated rings. The van der Waals surface area contributed by atoms with Gasteiger partial charge in [0.2, 0.25) is 0 Å². The maximum atomic E-state index is 12.9. The lowest BCUT2D eigenvalue weighted by molar-refractivity contribution is -0.185. The van der Waals surface area contributed by atoms with Gasteiger partial charge in [-0.15, -0.1) is 0 Å². The number of esters is 2. The first kappa shape index (κ1) is 21.1. The summed E-state index contributed by atoms with van der Waals surface area (Å²) in [4.78, 5) is 25.8. The van der Waals surface area contributed by atoms with E-state index in [0.717, 1.165) is 25.7 Å². The lowest BCUT2D eigenvalue weighted by Crippen LogP contribution is -2.45. The Hall–Kier alpha value is -1.10. The van der Waals surface area contributed by atoms with Gasteiger partial charge in [-0.2, -0.15) is 0 Å². The monoisotopic (exact) mass is 406 g/mol. The van der Waals surface area contributed by atoms with Crippen LogP contribution in [-0.4, -0.2) is 37.4 Å². The molecule has 29 heavy (non-hydrogen) atoms. The molecule has 0 radical (unpaired) electrons. The van der Waals surface area contributed by atoms with E-state index in [1.54, 1.807) is 0 Å². The Labute approximate surface area is 175 Å². The Morgan fingerprint density at radius 2 is 1.14 bits per heavy atom. The number of fused-ring (bicyclic) bond motifs is 4. The third kappa shape index (κ3) is 2.68. The zero-order chi connectivity index (χ0) is 21.4. The van der Waals surface area contributed by atoms with Crippen molar-refractivity contribution in [3.63, 3.8) is 0 Å². The fraction of sp³-hybridized carbons (Fsp3) is 0.917. The first-order valence-electron chi connectivity index (χ1n) is 11.3. The number of ether oxygens (including phenoxy) is 3. The number of carbonyl (C=O) groups is 2. The molecule has 0 amide bonds. The highest BCUT2D eigenvalue weighted by atomic mass is 16.6. The van der Waals surface area contributed by atoms with E-state index in [-0.39, 0.29) is 33.9 Å². The predicted molar refractivity (Wildman–Crippen MR) is 109 cm³/mol. The molecule has 0 aromatic carbocycles. The van der Waals surface area contributed by atoms with Crippen molar-refractivity contribution in [1.29, 1.82) is 0 Å². The highest BCUT2D eigenvalue weighted by Crippen LogP contribution is 2.67. The Kier molecular flexibility index (Phi) is 4.70. The number of hydrogen-bond acceptors (Lipinski definition) is 5. The summed E-state index contributed by atoms with van der Waals surface area (Å²) in [7, 11) is 1.38. The van der Waals surface area contributed by atoms with Gasteiger partial charge in [-0.3, -0.25) is 0 Å². The standard InChI is InChI=1S/C24H38O5/c1-21(2)14-8-10-23(21,5)16(12-14)28-19(25)18(27-7)20(26)29-17-13-15-9-11-24(17,6)22(15,3)4/h14-18H,8-13H2,1-7H3. The highest BCUT2D eigenvalue weighted by molar-refractivity contribution is 5.98. The molecule has 0 aromatic rings. The molecular formula is C24H38O5. The molecule has 5 heteroatoms. The van der Waals surface area contributed by atoms with Crippen LogP contribution in [0.15, 0.2) is 0 Å². The zero-order valence-electron chi connectivity index (χ0n) is 19.2. The van der Waals surface area contributed by atoms with Gasteiger partial charge in [0.15, 0.2) is 0 Å². The van der Waals surface area contributed by atoms with Crippen LogP contribution in [0, 0.1) is 33.5 Å². The van der Waals surface area contributed by atoms with Gasteiger partial charge in [0.05, 0.1) is 0 Å². The summed E-state index contributed by atoms with van der Waals surface area (Å²) >= 11 is 0. The van der Waals surface area contributed by atoms with E-state index in [1.165, 1.54) is 20.0 Å². The molecule has 6 atom stereocenters. The van der Waals surface area contributed by atoms with Gasteiger partial charge in [0, 0.05) is 17.9 Å². The molecule has 4 bridgehead atoms. The van der Waals surface area contributed by atoms with Crippen LogP contribution in [0.4, 0.5) is 0 Å². The van der Waals surface area contributed by atoms with E-state index >= 15 is 0 Å². The summed E-state index contributed by atoms with van der Waals surface area (Å²) in [6.45, 7) is 13.5. The third-order valence-electron chi connectivity index (χ3n) is 10.6. The summed E-state index contributed by atoms with van der Waals surface area (Å²) < 4.78 is 17.0. The van der Waals surface area contributed by atoms with Crippen LogP contribution < -0.4 is 0 Å². The van der Waals surface area contributed by atoms with Gasteiger partial charge < -0.3 is 14.2 Å². The summed E-state index contributed by atoms with van der Waals surface area (Å²) in [5.74, 6) is -0.0665. The molecule has 6 unspecified atom stereocenters. The molecule has 5 nitrogen and oxygen atoms in total. The van der Waals surface area contributed by atoms with E-state index < -0.39 is 18.0 Å². The maximum absolute atomic E-state index is 12.9. The number of methoxy groups -OCH3 is 1. The van der Waals surface area contributed by atoms with E-state index in [2.05, 4.69) is 41.5 Å². The highest BCUT2D eigenvalue weighted by Gasteiger charge is 2.64. The third-order valence-corrected chi connectivity index (χ3v) is 10.6. The number of hydrogen-bond donors (Lipinski definition) is 0. The van der Waals surface area contributed by atoms with Gasteiger partial charge >= 0.3 is 11.9 Å². The summed E-state index contributed by atoms with van der Waals surface area (Å²) in [5, 5.41) is 0. The summed E-state index contributed by atoms with van der Waals surface area (Å²) in [6.07, 6.45) is 4.61. The Bertz CT molecular complexity index is 654. The fourth-order valence-corrected chi connectivity index (χ4v) is 7.31. The molecule has 4 aliphatic carbocycles. The second kappa shape index (κ2) is 6.45. The molecule has 4 saturated carbocycles. The number of carbonyl (C=O) groups excluding carboxylic acids is 2. The van der Waals surface area contributed by atoms with Crippen molar-refractivity contribution in [3.8, 4) is 0 Å². The van der Waals surface area contributed by atoms with Gasteiger partial charge in [-0.1, -0.05) is 41.5 Å². The van der Waals surface area contributed by atoms with Crippen LogP contribution in [-0.2, 0) is 23.8 Å². The minimum Gasteiger partial charge on any atom is -0.459 e. The van der Waals surface area contributed by atoms with E-state index in [4.69, 9.17) is 14.2 Å². The summed E-state index contributed by atoms with van der Waals surface area (Å²) in [5.41, 5.74) is 0.198. The van der Waals surface area contributed by atoms with Gasteiger partial charge in [0.1, 0.15) is 12.2 Å². The minimum atomic E-state index is -1.30. The van der Waals surface area contributed by atoms with Crippen LogP contribution >= 0.6 is 0 Å². The Morgan fingerprint density at radius 1 is 0.759 bits per heavy atom. The van der Waals surface area contributed by atoms with Gasteiger partial charge in [0.25, 0.3) is 6.10 Å². The zero-order valence-corrected chi connectivity index (χ0v) is 19.2. The Balaban J connectivity index is 1.42. The summed E-state index contributed by atoms with van der Waals surface area (Å²) in [6, 6.07) is 0. The molecule has 4 rings (SSSR count). The predicted octanol–water partition coefficient (Wildman–Crippen LogP) is 4.52. The average Bonchev–Trinajstić information content (AvgIpc) is 3.14. The van der Waals surface area contributed by atoms with Crippen LogP contribution in [0.1, 0.15) is 80.1 Å². The molecule has 0 aromatic heterocycles. The van der Waals surface area contributed by atoms with Crippen molar-refractivity contribution >= 4 is 11.9 Å². The van der Waals surface area contributed by atoms with E-state index in [0.29, 0.717) is 11.8 Å².